The fraction of sp³-hybridized carbons (Fsp3) is 0.923. The number of likely N-dealkylation sites (N-methyl/N-ethyl adjacent to an activating group) is 1. The zero-order valence-electron chi connectivity index (χ0n) is 11.1. The van der Waals surface area contributed by atoms with E-state index >= 15 is 0 Å². The van der Waals surface area contributed by atoms with Crippen LogP contribution in [0.5, 0.6) is 0 Å². The lowest BCUT2D eigenvalue weighted by molar-refractivity contribution is 0.115. The van der Waals surface area contributed by atoms with Crippen LogP contribution >= 0.6 is 0 Å². The van der Waals surface area contributed by atoms with Crippen LogP contribution in [0.25, 0.3) is 0 Å². The highest BCUT2D eigenvalue weighted by molar-refractivity contribution is 5.74. The maximum Gasteiger partial charge on any atom is 0.317 e. The molecule has 1 aliphatic carbocycles. The Hall–Kier alpha value is -0.770. The molecule has 0 aromatic rings. The van der Waals surface area contributed by atoms with Gasteiger partial charge in [0.15, 0.2) is 0 Å². The molecule has 0 aromatic carbocycles. The lowest BCUT2D eigenvalue weighted by atomic mass is 9.96. The first-order valence-electron chi connectivity index (χ1n) is 6.92. The molecule has 1 saturated carbocycles. The molecule has 98 valence electrons. The summed E-state index contributed by atoms with van der Waals surface area (Å²) in [6.45, 7) is 4.88. The molecule has 4 heteroatoms. The number of nitrogens with zero attached hydrogens (tertiary/aromatic N) is 2. The SMILES string of the molecule is CC1CN(C(=O)NC2CCCCC2)CCN1C. The molecule has 0 aromatic heterocycles. The van der Waals surface area contributed by atoms with E-state index in [2.05, 4.69) is 24.2 Å². The van der Waals surface area contributed by atoms with Crippen molar-refractivity contribution in [3.63, 3.8) is 0 Å². The average Bonchev–Trinajstić information content (AvgIpc) is 2.34. The minimum Gasteiger partial charge on any atom is -0.335 e. The maximum atomic E-state index is 12.1. The van der Waals surface area contributed by atoms with Gasteiger partial charge in [-0.25, -0.2) is 4.79 Å². The fourth-order valence-corrected chi connectivity index (χ4v) is 2.75. The minimum atomic E-state index is 0.150. The molecule has 2 amide bonds. The molecule has 2 aliphatic rings. The molecule has 1 saturated heterocycles. The zero-order chi connectivity index (χ0) is 12.3. The minimum absolute atomic E-state index is 0.150. The first-order valence-corrected chi connectivity index (χ1v) is 6.92. The number of amides is 2. The first-order chi connectivity index (χ1) is 8.16. The van der Waals surface area contributed by atoms with Crippen LogP contribution in [-0.4, -0.2) is 54.6 Å². The van der Waals surface area contributed by atoms with Gasteiger partial charge in [0.25, 0.3) is 0 Å². The Kier molecular flexibility index (Phi) is 4.26. The molecular formula is C13H25N3O. The van der Waals surface area contributed by atoms with Crippen LogP contribution in [-0.2, 0) is 0 Å². The number of hydrogen-bond donors (Lipinski definition) is 1. The van der Waals surface area contributed by atoms with E-state index in [0.717, 1.165) is 32.5 Å². The van der Waals surface area contributed by atoms with E-state index in [0.29, 0.717) is 12.1 Å². The van der Waals surface area contributed by atoms with Crippen molar-refractivity contribution in [2.24, 2.45) is 0 Å². The highest BCUT2D eigenvalue weighted by atomic mass is 16.2. The van der Waals surface area contributed by atoms with Gasteiger partial charge in [0.05, 0.1) is 0 Å². The summed E-state index contributed by atoms with van der Waals surface area (Å²) < 4.78 is 0. The summed E-state index contributed by atoms with van der Waals surface area (Å²) in [5, 5.41) is 3.19. The largest absolute Gasteiger partial charge is 0.335 e. The van der Waals surface area contributed by atoms with Gasteiger partial charge in [-0.3, -0.25) is 0 Å². The Bertz CT molecular complexity index is 263. The van der Waals surface area contributed by atoms with Crippen molar-refractivity contribution >= 4 is 6.03 Å². The van der Waals surface area contributed by atoms with Crippen molar-refractivity contribution in [1.29, 1.82) is 0 Å². The zero-order valence-corrected chi connectivity index (χ0v) is 11.1. The third kappa shape index (κ3) is 3.35. The number of carbonyl (C=O) groups excluding carboxylic acids is 1. The predicted molar refractivity (Wildman–Crippen MR) is 69.1 cm³/mol. The average molecular weight is 239 g/mol. The smallest absolute Gasteiger partial charge is 0.317 e. The van der Waals surface area contributed by atoms with Crippen molar-refractivity contribution in [2.75, 3.05) is 26.7 Å². The Morgan fingerprint density at radius 2 is 1.88 bits per heavy atom. The second-order valence-corrected chi connectivity index (χ2v) is 5.56. The van der Waals surface area contributed by atoms with Gasteiger partial charge >= 0.3 is 6.03 Å². The number of nitrogens with one attached hydrogen (secondary N) is 1. The molecule has 0 radical (unpaired) electrons. The summed E-state index contributed by atoms with van der Waals surface area (Å²) in [5.74, 6) is 0. The van der Waals surface area contributed by atoms with Gasteiger partial charge in [0, 0.05) is 31.7 Å². The normalized spacial score (nSPS) is 28.1. The predicted octanol–water partition coefficient (Wildman–Crippen LogP) is 1.66. The van der Waals surface area contributed by atoms with Gasteiger partial charge in [0.2, 0.25) is 0 Å². The lowest BCUT2D eigenvalue weighted by Crippen LogP contribution is -2.55. The Labute approximate surface area is 104 Å². The Morgan fingerprint density at radius 1 is 1.18 bits per heavy atom. The number of hydrogen-bond acceptors (Lipinski definition) is 2. The maximum absolute atomic E-state index is 12.1. The molecule has 1 atom stereocenters. The van der Waals surface area contributed by atoms with Crippen molar-refractivity contribution in [1.82, 2.24) is 15.1 Å². The van der Waals surface area contributed by atoms with Crippen LogP contribution < -0.4 is 5.32 Å². The Balaban J connectivity index is 1.79. The lowest BCUT2D eigenvalue weighted by Gasteiger charge is -2.38. The first kappa shape index (κ1) is 12.7. The number of rotatable bonds is 1. The molecule has 0 bridgehead atoms. The Morgan fingerprint density at radius 3 is 2.53 bits per heavy atom. The molecule has 1 unspecified atom stereocenters. The van der Waals surface area contributed by atoms with Crippen molar-refractivity contribution in [3.05, 3.63) is 0 Å². The van der Waals surface area contributed by atoms with Crippen LogP contribution in [0.1, 0.15) is 39.0 Å². The van der Waals surface area contributed by atoms with Gasteiger partial charge < -0.3 is 15.1 Å². The van der Waals surface area contributed by atoms with Crippen LogP contribution in [0.4, 0.5) is 4.79 Å². The molecule has 0 spiro atoms. The summed E-state index contributed by atoms with van der Waals surface area (Å²) in [6.07, 6.45) is 6.19. The second-order valence-electron chi connectivity index (χ2n) is 5.56. The van der Waals surface area contributed by atoms with Crippen LogP contribution in [0.2, 0.25) is 0 Å². The number of carbonyl (C=O) groups is 1. The monoisotopic (exact) mass is 239 g/mol. The van der Waals surface area contributed by atoms with Gasteiger partial charge in [-0.15, -0.1) is 0 Å². The van der Waals surface area contributed by atoms with Gasteiger partial charge in [-0.2, -0.15) is 0 Å². The molecule has 1 N–H and O–H groups in total. The summed E-state index contributed by atoms with van der Waals surface area (Å²) in [4.78, 5) is 16.4. The van der Waals surface area contributed by atoms with E-state index in [9.17, 15) is 4.79 Å². The summed E-state index contributed by atoms with van der Waals surface area (Å²) in [6, 6.07) is 1.05. The van der Waals surface area contributed by atoms with Gasteiger partial charge in [-0.1, -0.05) is 19.3 Å². The van der Waals surface area contributed by atoms with Crippen LogP contribution in [0.3, 0.4) is 0 Å². The van der Waals surface area contributed by atoms with Crippen LogP contribution in [0, 0.1) is 0 Å². The molecular weight excluding hydrogens is 214 g/mol. The molecule has 1 heterocycles. The molecule has 2 fully saturated rings. The number of piperazine rings is 1. The van der Waals surface area contributed by atoms with Crippen LogP contribution in [0.15, 0.2) is 0 Å². The highest BCUT2D eigenvalue weighted by Gasteiger charge is 2.25. The topological polar surface area (TPSA) is 35.6 Å². The summed E-state index contributed by atoms with van der Waals surface area (Å²) >= 11 is 0. The highest BCUT2D eigenvalue weighted by Crippen LogP contribution is 2.18. The van der Waals surface area contributed by atoms with Crippen molar-refractivity contribution in [3.8, 4) is 0 Å². The van der Waals surface area contributed by atoms with E-state index in [1.165, 1.54) is 19.3 Å². The quantitative estimate of drug-likeness (QED) is 0.755. The van der Waals surface area contributed by atoms with E-state index in [-0.39, 0.29) is 6.03 Å². The van der Waals surface area contributed by atoms with Gasteiger partial charge in [-0.05, 0) is 26.8 Å². The van der Waals surface area contributed by atoms with Crippen molar-refractivity contribution < 1.29 is 4.79 Å². The van der Waals surface area contributed by atoms with E-state index < -0.39 is 0 Å². The molecule has 2 rings (SSSR count). The second kappa shape index (κ2) is 5.71. The fourth-order valence-electron chi connectivity index (χ4n) is 2.75. The van der Waals surface area contributed by atoms with E-state index in [1.54, 1.807) is 0 Å². The van der Waals surface area contributed by atoms with E-state index in [1.807, 2.05) is 4.90 Å². The molecule has 4 nitrogen and oxygen atoms in total. The third-order valence-electron chi connectivity index (χ3n) is 4.18. The van der Waals surface area contributed by atoms with E-state index in [4.69, 9.17) is 0 Å². The van der Waals surface area contributed by atoms with Gasteiger partial charge in [0.1, 0.15) is 0 Å². The summed E-state index contributed by atoms with van der Waals surface area (Å²) in [7, 11) is 2.13. The number of urea groups is 1. The summed E-state index contributed by atoms with van der Waals surface area (Å²) in [5.41, 5.74) is 0. The third-order valence-corrected chi connectivity index (χ3v) is 4.18. The standard InChI is InChI=1S/C13H25N3O/c1-11-10-16(9-8-15(11)2)13(17)14-12-6-4-3-5-7-12/h11-12H,3-10H2,1-2H3,(H,14,17). The van der Waals surface area contributed by atoms with Crippen molar-refractivity contribution in [2.45, 2.75) is 51.1 Å². The molecule has 1 aliphatic heterocycles. The molecule has 17 heavy (non-hydrogen) atoms.